The molecule has 0 aliphatic carbocycles. The van der Waals surface area contributed by atoms with Crippen molar-refractivity contribution < 1.29 is 19.1 Å². The first-order valence-corrected chi connectivity index (χ1v) is 10.5. The van der Waals surface area contributed by atoms with E-state index in [9.17, 15) is 9.59 Å². The molecule has 156 valence electrons. The number of carbonyl (C=O) groups is 2. The minimum atomic E-state index is -0.583. The quantitative estimate of drug-likeness (QED) is 0.781. The van der Waals surface area contributed by atoms with E-state index in [4.69, 9.17) is 9.47 Å². The Kier molecular flexibility index (Phi) is 6.74. The number of rotatable bonds is 5. The number of nitrogens with one attached hydrogen (secondary N) is 1. The van der Waals surface area contributed by atoms with E-state index in [1.165, 1.54) is 11.3 Å². The van der Waals surface area contributed by atoms with E-state index in [-0.39, 0.29) is 24.7 Å². The molecule has 1 aromatic carbocycles. The number of likely N-dealkylation sites (tertiary alicyclic amines) is 1. The largest absolute Gasteiger partial charge is 0.445 e. The lowest BCUT2D eigenvalue weighted by molar-refractivity contribution is 0.0485. The fourth-order valence-corrected chi connectivity index (χ4v) is 4.02. The number of benzene rings is 1. The van der Waals surface area contributed by atoms with Crippen LogP contribution in [0.3, 0.4) is 0 Å². The molecule has 29 heavy (non-hydrogen) atoms. The van der Waals surface area contributed by atoms with Gasteiger partial charge in [0.05, 0.1) is 6.04 Å². The molecule has 3 rings (SSSR count). The summed E-state index contributed by atoms with van der Waals surface area (Å²) in [7, 11) is 0. The van der Waals surface area contributed by atoms with Gasteiger partial charge in [-0.05, 0) is 32.8 Å². The smallest absolute Gasteiger partial charge is 0.410 e. The predicted octanol–water partition coefficient (Wildman–Crippen LogP) is 4.37. The van der Waals surface area contributed by atoms with Crippen LogP contribution in [0.1, 0.15) is 43.8 Å². The van der Waals surface area contributed by atoms with Gasteiger partial charge in [0.1, 0.15) is 17.2 Å². The van der Waals surface area contributed by atoms with Gasteiger partial charge in [0.15, 0.2) is 0 Å². The van der Waals surface area contributed by atoms with Crippen molar-refractivity contribution in [3.8, 4) is 0 Å². The van der Waals surface area contributed by atoms with Crippen molar-refractivity contribution in [2.45, 2.75) is 45.4 Å². The van der Waals surface area contributed by atoms with Crippen LogP contribution in [0.4, 0.5) is 9.59 Å². The third-order valence-corrected chi connectivity index (χ3v) is 5.41. The Bertz CT molecular complexity index is 805. The summed E-state index contributed by atoms with van der Waals surface area (Å²) in [6.07, 6.45) is 1.64. The van der Waals surface area contributed by atoms with Crippen LogP contribution in [-0.4, -0.2) is 40.8 Å². The Hall–Kier alpha value is -2.61. The molecular formula is C21H27N3O4S. The SMILES string of the molecule is CC(C)(C)OC(=O)NC(c1nccs1)[C@@H]1CCN(C(=O)OCc2ccccc2)C1. The van der Waals surface area contributed by atoms with Crippen LogP contribution < -0.4 is 5.32 Å². The highest BCUT2D eigenvalue weighted by Crippen LogP contribution is 2.32. The van der Waals surface area contributed by atoms with Gasteiger partial charge < -0.3 is 19.7 Å². The molecule has 0 bridgehead atoms. The van der Waals surface area contributed by atoms with Crippen LogP contribution in [0.2, 0.25) is 0 Å². The maximum atomic E-state index is 12.5. The molecule has 2 atom stereocenters. The number of alkyl carbamates (subject to hydrolysis) is 1. The highest BCUT2D eigenvalue weighted by Gasteiger charge is 2.36. The van der Waals surface area contributed by atoms with E-state index in [0.29, 0.717) is 13.1 Å². The number of amides is 2. The fourth-order valence-electron chi connectivity index (χ4n) is 3.24. The molecule has 2 heterocycles. The second-order valence-corrected chi connectivity index (χ2v) is 8.96. The first-order valence-electron chi connectivity index (χ1n) is 9.66. The Morgan fingerprint density at radius 1 is 1.31 bits per heavy atom. The number of ether oxygens (including phenoxy) is 2. The number of aromatic nitrogens is 1. The van der Waals surface area contributed by atoms with Crippen LogP contribution in [0.25, 0.3) is 0 Å². The first kappa shape index (κ1) is 21.1. The van der Waals surface area contributed by atoms with Gasteiger partial charge in [0.2, 0.25) is 0 Å². The van der Waals surface area contributed by atoms with Crippen molar-refractivity contribution in [1.29, 1.82) is 0 Å². The Labute approximate surface area is 175 Å². The van der Waals surface area contributed by atoms with Gasteiger partial charge in [-0.2, -0.15) is 0 Å². The number of nitrogens with zero attached hydrogens (tertiary/aromatic N) is 2. The van der Waals surface area contributed by atoms with Crippen molar-refractivity contribution in [3.05, 3.63) is 52.5 Å². The summed E-state index contributed by atoms with van der Waals surface area (Å²) in [4.78, 5) is 30.9. The van der Waals surface area contributed by atoms with Crippen molar-refractivity contribution >= 4 is 23.5 Å². The molecule has 1 aliphatic rings. The Morgan fingerprint density at radius 3 is 2.72 bits per heavy atom. The topological polar surface area (TPSA) is 80.8 Å². The normalized spacial score (nSPS) is 17.6. The predicted molar refractivity (Wildman–Crippen MR) is 111 cm³/mol. The first-order chi connectivity index (χ1) is 13.8. The standard InChI is InChI=1S/C21H27N3O4S/c1-21(2,3)28-19(25)23-17(18-22-10-12-29-18)16-9-11-24(13-16)20(26)27-14-15-7-5-4-6-8-15/h4-8,10,12,16-17H,9,11,13-14H2,1-3H3,(H,23,25)/t16-,17?/m1/s1. The number of hydrogen-bond acceptors (Lipinski definition) is 6. The molecule has 7 nitrogen and oxygen atoms in total. The maximum Gasteiger partial charge on any atom is 0.410 e. The number of thiazole rings is 1. The van der Waals surface area contributed by atoms with Gasteiger partial charge in [0, 0.05) is 30.6 Å². The molecule has 2 aromatic rings. The average molecular weight is 418 g/mol. The molecule has 1 aliphatic heterocycles. The second kappa shape index (κ2) is 9.26. The minimum absolute atomic E-state index is 0.0398. The second-order valence-electron chi connectivity index (χ2n) is 8.03. The maximum absolute atomic E-state index is 12.5. The highest BCUT2D eigenvalue weighted by atomic mass is 32.1. The monoisotopic (exact) mass is 417 g/mol. The summed E-state index contributed by atoms with van der Waals surface area (Å²) in [6, 6.07) is 9.28. The van der Waals surface area contributed by atoms with Gasteiger partial charge in [-0.3, -0.25) is 0 Å². The summed E-state index contributed by atoms with van der Waals surface area (Å²) in [6.45, 7) is 6.79. The highest BCUT2D eigenvalue weighted by molar-refractivity contribution is 7.09. The summed E-state index contributed by atoms with van der Waals surface area (Å²) in [5.41, 5.74) is 0.365. The lowest BCUT2D eigenvalue weighted by Crippen LogP contribution is -2.39. The van der Waals surface area contributed by atoms with E-state index < -0.39 is 11.7 Å². The summed E-state index contributed by atoms with van der Waals surface area (Å²) in [5.74, 6) is 0.0398. The zero-order chi connectivity index (χ0) is 20.9. The van der Waals surface area contributed by atoms with Crippen LogP contribution in [0, 0.1) is 5.92 Å². The summed E-state index contributed by atoms with van der Waals surface area (Å²) < 4.78 is 10.8. The number of hydrogen-bond donors (Lipinski definition) is 1. The van der Waals surface area contributed by atoms with E-state index in [1.54, 1.807) is 11.1 Å². The molecule has 1 saturated heterocycles. The van der Waals surface area contributed by atoms with Crippen LogP contribution in [-0.2, 0) is 16.1 Å². The Morgan fingerprint density at radius 2 is 2.07 bits per heavy atom. The Balaban J connectivity index is 1.59. The molecular weight excluding hydrogens is 390 g/mol. The fraction of sp³-hybridized carbons (Fsp3) is 0.476. The molecule has 0 radical (unpaired) electrons. The number of carbonyl (C=O) groups excluding carboxylic acids is 2. The van der Waals surface area contributed by atoms with E-state index >= 15 is 0 Å². The zero-order valence-corrected chi connectivity index (χ0v) is 17.8. The van der Waals surface area contributed by atoms with Crippen molar-refractivity contribution in [2.75, 3.05) is 13.1 Å². The van der Waals surface area contributed by atoms with Gasteiger partial charge in [0.25, 0.3) is 0 Å². The molecule has 1 N–H and O–H groups in total. The third kappa shape index (κ3) is 6.19. The van der Waals surface area contributed by atoms with E-state index in [0.717, 1.165) is 17.0 Å². The summed E-state index contributed by atoms with van der Waals surface area (Å²) >= 11 is 1.48. The van der Waals surface area contributed by atoms with Gasteiger partial charge in [-0.1, -0.05) is 30.3 Å². The molecule has 8 heteroatoms. The molecule has 1 unspecified atom stereocenters. The van der Waals surface area contributed by atoms with Crippen molar-refractivity contribution in [3.63, 3.8) is 0 Å². The molecule has 2 amide bonds. The van der Waals surface area contributed by atoms with Gasteiger partial charge >= 0.3 is 12.2 Å². The lowest BCUT2D eigenvalue weighted by Gasteiger charge is -2.26. The lowest BCUT2D eigenvalue weighted by atomic mass is 9.99. The zero-order valence-electron chi connectivity index (χ0n) is 17.0. The van der Waals surface area contributed by atoms with Crippen LogP contribution >= 0.6 is 11.3 Å². The van der Waals surface area contributed by atoms with Crippen molar-refractivity contribution in [2.24, 2.45) is 5.92 Å². The summed E-state index contributed by atoms with van der Waals surface area (Å²) in [5, 5.41) is 5.62. The molecule has 0 spiro atoms. The molecule has 0 saturated carbocycles. The average Bonchev–Trinajstić information content (AvgIpc) is 3.36. The minimum Gasteiger partial charge on any atom is -0.445 e. The third-order valence-electron chi connectivity index (χ3n) is 4.55. The van der Waals surface area contributed by atoms with E-state index in [2.05, 4.69) is 10.3 Å². The van der Waals surface area contributed by atoms with E-state index in [1.807, 2.05) is 56.5 Å². The van der Waals surface area contributed by atoms with Crippen LogP contribution in [0.15, 0.2) is 41.9 Å². The van der Waals surface area contributed by atoms with Crippen LogP contribution in [0.5, 0.6) is 0 Å². The van der Waals surface area contributed by atoms with Crippen molar-refractivity contribution in [1.82, 2.24) is 15.2 Å². The molecule has 1 fully saturated rings. The van der Waals surface area contributed by atoms with Gasteiger partial charge in [-0.25, -0.2) is 14.6 Å². The van der Waals surface area contributed by atoms with Gasteiger partial charge in [-0.15, -0.1) is 11.3 Å². The molecule has 1 aromatic heterocycles.